The molecule has 0 bridgehead atoms. The van der Waals surface area contributed by atoms with Gasteiger partial charge in [0.2, 0.25) is 5.91 Å². The van der Waals surface area contributed by atoms with E-state index in [2.05, 4.69) is 16.9 Å². The van der Waals surface area contributed by atoms with E-state index in [9.17, 15) is 4.79 Å². The lowest BCUT2D eigenvalue weighted by Crippen LogP contribution is -2.48. The summed E-state index contributed by atoms with van der Waals surface area (Å²) >= 11 is 3.68. The molecule has 2 aliphatic rings. The van der Waals surface area contributed by atoms with Crippen LogP contribution in [0.3, 0.4) is 0 Å². The van der Waals surface area contributed by atoms with Gasteiger partial charge in [0.05, 0.1) is 6.04 Å². The van der Waals surface area contributed by atoms with Gasteiger partial charge in [0.25, 0.3) is 0 Å². The third-order valence-electron chi connectivity index (χ3n) is 3.12. The van der Waals surface area contributed by atoms with Gasteiger partial charge in [0.1, 0.15) is 0 Å². The first kappa shape index (κ1) is 11.6. The molecule has 2 N–H and O–H groups in total. The minimum atomic E-state index is 0.0399. The third-order valence-corrected chi connectivity index (χ3v) is 5.23. The molecule has 0 aromatic heterocycles. The predicted molar refractivity (Wildman–Crippen MR) is 67.3 cm³/mol. The van der Waals surface area contributed by atoms with Crippen LogP contribution in [0.15, 0.2) is 0 Å². The molecule has 15 heavy (non-hydrogen) atoms. The van der Waals surface area contributed by atoms with Crippen molar-refractivity contribution in [2.75, 3.05) is 17.9 Å². The van der Waals surface area contributed by atoms with Crippen LogP contribution in [0.4, 0.5) is 0 Å². The highest BCUT2D eigenvalue weighted by Gasteiger charge is 2.30. The fraction of sp³-hybridized carbons (Fsp3) is 0.900. The number of thioether (sulfide) groups is 2. The van der Waals surface area contributed by atoms with Gasteiger partial charge in [-0.2, -0.15) is 11.8 Å². The van der Waals surface area contributed by atoms with Crippen LogP contribution < -0.4 is 10.6 Å². The van der Waals surface area contributed by atoms with Gasteiger partial charge in [-0.05, 0) is 19.1 Å². The van der Waals surface area contributed by atoms with E-state index in [1.807, 2.05) is 11.8 Å². The van der Waals surface area contributed by atoms with Gasteiger partial charge in [-0.15, -0.1) is 11.8 Å². The lowest BCUT2D eigenvalue weighted by molar-refractivity contribution is -0.123. The van der Waals surface area contributed by atoms with Gasteiger partial charge in [-0.25, -0.2) is 0 Å². The lowest BCUT2D eigenvalue weighted by atomic mass is 10.2. The van der Waals surface area contributed by atoms with Gasteiger partial charge in [0.15, 0.2) is 0 Å². The van der Waals surface area contributed by atoms with E-state index in [1.54, 1.807) is 11.8 Å². The number of hydrogen-bond donors (Lipinski definition) is 2. The maximum absolute atomic E-state index is 11.9. The van der Waals surface area contributed by atoms with E-state index < -0.39 is 0 Å². The molecule has 1 saturated heterocycles. The average Bonchev–Trinajstić information content (AvgIpc) is 2.87. The van der Waals surface area contributed by atoms with Crippen molar-refractivity contribution < 1.29 is 4.79 Å². The molecule has 3 nitrogen and oxygen atoms in total. The molecule has 5 heteroatoms. The Balaban J connectivity index is 1.82. The largest absolute Gasteiger partial charge is 0.351 e. The minimum Gasteiger partial charge on any atom is -0.351 e. The zero-order valence-corrected chi connectivity index (χ0v) is 10.6. The molecule has 3 atom stereocenters. The normalized spacial score (nSPS) is 35.7. The van der Waals surface area contributed by atoms with Crippen LogP contribution in [0.5, 0.6) is 0 Å². The molecule has 1 aliphatic carbocycles. The highest BCUT2D eigenvalue weighted by molar-refractivity contribution is 7.99. The summed E-state index contributed by atoms with van der Waals surface area (Å²) in [5.41, 5.74) is 0. The Morgan fingerprint density at radius 1 is 1.53 bits per heavy atom. The first-order valence-corrected chi connectivity index (χ1v) is 7.90. The molecule has 1 amide bonds. The summed E-state index contributed by atoms with van der Waals surface area (Å²) in [5.74, 6) is 2.03. The van der Waals surface area contributed by atoms with E-state index in [-0.39, 0.29) is 11.9 Å². The van der Waals surface area contributed by atoms with Crippen LogP contribution in [-0.2, 0) is 4.79 Å². The van der Waals surface area contributed by atoms with Crippen LogP contribution in [0.1, 0.15) is 19.3 Å². The number of carbonyl (C=O) groups excluding carboxylic acids is 1. The molecule has 1 aliphatic heterocycles. The highest BCUT2D eigenvalue weighted by atomic mass is 32.2. The van der Waals surface area contributed by atoms with Crippen LogP contribution in [-0.4, -0.2) is 41.1 Å². The van der Waals surface area contributed by atoms with E-state index in [1.165, 1.54) is 12.8 Å². The summed E-state index contributed by atoms with van der Waals surface area (Å²) in [6.45, 7) is 0. The average molecular weight is 246 g/mol. The van der Waals surface area contributed by atoms with Crippen molar-refractivity contribution in [3.8, 4) is 0 Å². The molecule has 2 fully saturated rings. The SMILES string of the molecule is CSC1CCCC1NC(=O)C1CSCN1. The maximum atomic E-state index is 11.9. The summed E-state index contributed by atoms with van der Waals surface area (Å²) in [4.78, 5) is 11.9. The van der Waals surface area contributed by atoms with Crippen LogP contribution in [0.25, 0.3) is 0 Å². The molecular weight excluding hydrogens is 228 g/mol. The maximum Gasteiger partial charge on any atom is 0.238 e. The monoisotopic (exact) mass is 246 g/mol. The molecule has 1 saturated carbocycles. The summed E-state index contributed by atoms with van der Waals surface area (Å²) in [6, 6.07) is 0.443. The molecule has 2 rings (SSSR count). The van der Waals surface area contributed by atoms with Crippen molar-refractivity contribution in [1.29, 1.82) is 0 Å². The lowest BCUT2D eigenvalue weighted by Gasteiger charge is -2.21. The van der Waals surface area contributed by atoms with Gasteiger partial charge < -0.3 is 5.32 Å². The predicted octanol–water partition coefficient (Wildman–Crippen LogP) is 1.05. The number of nitrogens with one attached hydrogen (secondary N) is 2. The minimum absolute atomic E-state index is 0.0399. The Kier molecular flexibility index (Phi) is 4.22. The molecule has 3 unspecified atom stereocenters. The zero-order valence-electron chi connectivity index (χ0n) is 8.99. The second-order valence-corrected chi connectivity index (χ2v) is 6.20. The van der Waals surface area contributed by atoms with Crippen molar-refractivity contribution in [3.63, 3.8) is 0 Å². The Labute approximate surface area is 99.5 Å². The first-order valence-electron chi connectivity index (χ1n) is 5.45. The van der Waals surface area contributed by atoms with Crippen molar-refractivity contribution in [1.82, 2.24) is 10.6 Å². The smallest absolute Gasteiger partial charge is 0.238 e. The Morgan fingerprint density at radius 3 is 3.07 bits per heavy atom. The van der Waals surface area contributed by atoms with E-state index in [0.717, 1.165) is 18.1 Å². The number of carbonyl (C=O) groups is 1. The van der Waals surface area contributed by atoms with Crippen LogP contribution in [0, 0.1) is 0 Å². The Morgan fingerprint density at radius 2 is 2.40 bits per heavy atom. The van der Waals surface area contributed by atoms with Gasteiger partial charge in [-0.3, -0.25) is 10.1 Å². The number of hydrogen-bond acceptors (Lipinski definition) is 4. The van der Waals surface area contributed by atoms with E-state index in [4.69, 9.17) is 0 Å². The quantitative estimate of drug-likeness (QED) is 0.781. The molecule has 86 valence electrons. The summed E-state index contributed by atoms with van der Waals surface area (Å²) in [6.07, 6.45) is 5.79. The Bertz CT molecular complexity index is 231. The van der Waals surface area contributed by atoms with Gasteiger partial charge >= 0.3 is 0 Å². The summed E-state index contributed by atoms with van der Waals surface area (Å²) < 4.78 is 0. The molecule has 1 heterocycles. The van der Waals surface area contributed by atoms with E-state index >= 15 is 0 Å². The first-order chi connectivity index (χ1) is 7.31. The second-order valence-electron chi connectivity index (χ2n) is 4.09. The number of amides is 1. The highest BCUT2D eigenvalue weighted by Crippen LogP contribution is 2.28. The second kappa shape index (κ2) is 5.46. The van der Waals surface area contributed by atoms with Crippen molar-refractivity contribution in [3.05, 3.63) is 0 Å². The fourth-order valence-corrected chi connectivity index (χ4v) is 4.10. The zero-order chi connectivity index (χ0) is 10.7. The Hall–Kier alpha value is 0.130. The molecule has 0 aromatic carbocycles. The standard InChI is InChI=1S/C10H18N2OS2/c1-14-9-4-2-3-7(9)12-10(13)8-5-15-6-11-8/h7-9,11H,2-6H2,1H3,(H,12,13). The fourth-order valence-electron chi connectivity index (χ4n) is 2.22. The van der Waals surface area contributed by atoms with Gasteiger partial charge in [-0.1, -0.05) is 6.42 Å². The van der Waals surface area contributed by atoms with Crippen LogP contribution in [0.2, 0.25) is 0 Å². The molecule has 0 aromatic rings. The molecule has 0 radical (unpaired) electrons. The third kappa shape index (κ3) is 2.82. The van der Waals surface area contributed by atoms with Crippen molar-refractivity contribution in [2.24, 2.45) is 0 Å². The van der Waals surface area contributed by atoms with Crippen molar-refractivity contribution in [2.45, 2.75) is 36.6 Å². The summed E-state index contributed by atoms with van der Waals surface area (Å²) in [5, 5.41) is 7.02. The topological polar surface area (TPSA) is 41.1 Å². The van der Waals surface area contributed by atoms with Gasteiger partial charge in [0, 0.05) is 22.9 Å². The van der Waals surface area contributed by atoms with Crippen LogP contribution >= 0.6 is 23.5 Å². The summed E-state index contributed by atoms with van der Waals surface area (Å²) in [7, 11) is 0. The molecular formula is C10H18N2OS2. The number of rotatable bonds is 3. The van der Waals surface area contributed by atoms with E-state index in [0.29, 0.717) is 11.3 Å². The van der Waals surface area contributed by atoms with Crippen molar-refractivity contribution >= 4 is 29.4 Å². The molecule has 0 spiro atoms.